The Balaban J connectivity index is 2.02. The number of hydrogen-bond acceptors (Lipinski definition) is 7. The molecular formula is C30H24N2O7S. The fourth-order valence-electron chi connectivity index (χ4n) is 4.88. The fraction of sp³-hybridized carbons (Fsp3) is 0.100. The Kier molecular flexibility index (Phi) is 6.87. The summed E-state index contributed by atoms with van der Waals surface area (Å²) >= 11 is 0. The number of aromatic nitrogens is 1. The minimum atomic E-state index is -4.28. The molecule has 40 heavy (non-hydrogen) atoms. The molecule has 0 aliphatic carbocycles. The predicted octanol–water partition coefficient (Wildman–Crippen LogP) is 5.17. The molecule has 0 spiro atoms. The van der Waals surface area contributed by atoms with Crippen LogP contribution in [0.2, 0.25) is 0 Å². The van der Waals surface area contributed by atoms with Crippen molar-refractivity contribution >= 4 is 55.4 Å². The molecule has 0 bridgehead atoms. The summed E-state index contributed by atoms with van der Waals surface area (Å²) < 4.78 is 39.6. The number of methoxy groups -OCH3 is 2. The molecule has 1 aromatic heterocycles. The minimum absolute atomic E-state index is 0.00713. The molecule has 0 aliphatic heterocycles. The molecule has 0 aliphatic rings. The molecule has 0 saturated heterocycles. The van der Waals surface area contributed by atoms with Gasteiger partial charge in [-0.25, -0.2) is 22.0 Å². The maximum atomic E-state index is 14.2. The first kappa shape index (κ1) is 26.6. The van der Waals surface area contributed by atoms with Crippen molar-refractivity contribution in [2.75, 3.05) is 19.5 Å². The Labute approximate surface area is 230 Å². The second-order valence-electron chi connectivity index (χ2n) is 8.88. The van der Waals surface area contributed by atoms with Gasteiger partial charge in [-0.1, -0.05) is 54.6 Å². The van der Waals surface area contributed by atoms with Crippen LogP contribution < -0.4 is 5.32 Å². The summed E-state index contributed by atoms with van der Waals surface area (Å²) in [6.07, 6.45) is 0. The topological polar surface area (TPSA) is 121 Å². The lowest BCUT2D eigenvalue weighted by Gasteiger charge is -2.19. The Morgan fingerprint density at radius 2 is 1.30 bits per heavy atom. The number of para-hydroxylation sites is 1. The van der Waals surface area contributed by atoms with Gasteiger partial charge >= 0.3 is 11.9 Å². The number of carbonyl (C=O) groups is 3. The zero-order valence-corrected chi connectivity index (χ0v) is 22.6. The number of rotatable bonds is 6. The number of aryl methyl sites for hydroxylation is 1. The van der Waals surface area contributed by atoms with Gasteiger partial charge in [0.15, 0.2) is 0 Å². The summed E-state index contributed by atoms with van der Waals surface area (Å²) in [6.45, 7) is 1.59. The van der Waals surface area contributed by atoms with E-state index in [0.717, 1.165) is 11.1 Å². The first-order valence-electron chi connectivity index (χ1n) is 12.2. The van der Waals surface area contributed by atoms with E-state index >= 15 is 0 Å². The molecule has 10 heteroatoms. The van der Waals surface area contributed by atoms with Crippen molar-refractivity contribution < 1.29 is 32.3 Å². The third-order valence-corrected chi connectivity index (χ3v) is 8.38. The van der Waals surface area contributed by atoms with E-state index in [1.54, 1.807) is 79.7 Å². The van der Waals surface area contributed by atoms with Gasteiger partial charge in [0.25, 0.3) is 15.9 Å². The van der Waals surface area contributed by atoms with Crippen LogP contribution in [0.5, 0.6) is 0 Å². The largest absolute Gasteiger partial charge is 0.465 e. The van der Waals surface area contributed by atoms with Gasteiger partial charge in [-0.15, -0.1) is 0 Å². The van der Waals surface area contributed by atoms with Crippen molar-refractivity contribution in [3.05, 3.63) is 107 Å². The Hall–Kier alpha value is -4.96. The molecule has 1 heterocycles. The minimum Gasteiger partial charge on any atom is -0.465 e. The molecule has 0 saturated carbocycles. The van der Waals surface area contributed by atoms with Crippen molar-refractivity contribution in [2.45, 2.75) is 11.8 Å². The lowest BCUT2D eigenvalue weighted by Crippen LogP contribution is -2.22. The highest BCUT2D eigenvalue weighted by Crippen LogP contribution is 2.43. The number of hydrogen-bond donors (Lipinski definition) is 1. The van der Waals surface area contributed by atoms with Crippen LogP contribution in [0.25, 0.3) is 21.8 Å². The van der Waals surface area contributed by atoms with Gasteiger partial charge in [0.1, 0.15) is 5.56 Å². The monoisotopic (exact) mass is 556 g/mol. The zero-order chi connectivity index (χ0) is 28.6. The first-order chi connectivity index (χ1) is 19.2. The third-order valence-electron chi connectivity index (χ3n) is 6.65. The zero-order valence-electron chi connectivity index (χ0n) is 21.8. The third kappa shape index (κ3) is 4.18. The van der Waals surface area contributed by atoms with Crippen LogP contribution in [-0.2, 0) is 19.5 Å². The quantitative estimate of drug-likeness (QED) is 0.287. The average molecular weight is 557 g/mol. The molecular weight excluding hydrogens is 532 g/mol. The standard InChI is InChI=1S/C30H24N2O7S/c1-18-23-21-16-10-11-17-22(21)32(40(36,37)20-14-8-5-9-15-20)27(23)26(31-28(33)19-12-6-4-7-13-19)25(30(35)39-3)24(18)29(34)38-2/h4-17H,1-3H3,(H,31,33). The molecule has 0 unspecified atom stereocenters. The van der Waals surface area contributed by atoms with Gasteiger partial charge in [0, 0.05) is 16.3 Å². The van der Waals surface area contributed by atoms with E-state index < -0.39 is 27.9 Å². The number of nitrogens with zero attached hydrogens (tertiary/aromatic N) is 1. The van der Waals surface area contributed by atoms with Crippen LogP contribution in [0.1, 0.15) is 36.6 Å². The SMILES string of the molecule is COC(=O)c1c(C(=O)OC)c(NC(=O)c2ccccc2)c2c(c1C)c1ccccc1n2S(=O)(=O)c1ccccc1. The second kappa shape index (κ2) is 10.3. The number of carbonyl (C=O) groups excluding carboxylic acids is 3. The Morgan fingerprint density at radius 3 is 1.93 bits per heavy atom. The molecule has 0 atom stereocenters. The van der Waals surface area contributed by atoms with Gasteiger partial charge in [-0.05, 0) is 42.8 Å². The summed E-state index contributed by atoms with van der Waals surface area (Å²) in [4.78, 5) is 39.9. The van der Waals surface area contributed by atoms with E-state index in [0.29, 0.717) is 10.8 Å². The van der Waals surface area contributed by atoms with Gasteiger partial charge < -0.3 is 14.8 Å². The molecule has 5 rings (SSSR count). The van der Waals surface area contributed by atoms with Crippen molar-refractivity contribution in [2.24, 2.45) is 0 Å². The van der Waals surface area contributed by atoms with E-state index in [9.17, 15) is 22.8 Å². The number of benzene rings is 4. The molecule has 1 amide bonds. The van der Waals surface area contributed by atoms with E-state index in [2.05, 4.69) is 5.32 Å². The number of esters is 2. The van der Waals surface area contributed by atoms with Gasteiger partial charge in [-0.3, -0.25) is 4.79 Å². The molecule has 5 aromatic rings. The highest BCUT2D eigenvalue weighted by molar-refractivity contribution is 7.90. The maximum Gasteiger partial charge on any atom is 0.340 e. The number of ether oxygens (including phenoxy) is 2. The smallest absolute Gasteiger partial charge is 0.340 e. The van der Waals surface area contributed by atoms with E-state index in [1.807, 2.05) is 0 Å². The summed E-state index contributed by atoms with van der Waals surface area (Å²) in [5.74, 6) is -2.43. The molecule has 4 aromatic carbocycles. The molecule has 9 nitrogen and oxygen atoms in total. The van der Waals surface area contributed by atoms with Gasteiger partial charge in [0.2, 0.25) is 0 Å². The number of nitrogens with one attached hydrogen (secondary N) is 1. The van der Waals surface area contributed by atoms with Crippen LogP contribution in [0.3, 0.4) is 0 Å². The second-order valence-corrected chi connectivity index (χ2v) is 10.7. The Bertz CT molecular complexity index is 1910. The highest BCUT2D eigenvalue weighted by Gasteiger charge is 2.34. The summed E-state index contributed by atoms with van der Waals surface area (Å²) in [7, 11) is -1.99. The van der Waals surface area contributed by atoms with Crippen LogP contribution >= 0.6 is 0 Å². The van der Waals surface area contributed by atoms with Crippen LogP contribution in [0, 0.1) is 6.92 Å². The van der Waals surface area contributed by atoms with E-state index in [-0.39, 0.29) is 43.9 Å². The molecule has 0 radical (unpaired) electrons. The summed E-state index contributed by atoms with van der Waals surface area (Å²) in [6, 6.07) is 22.7. The number of anilines is 1. The number of amides is 1. The average Bonchev–Trinajstić information content (AvgIpc) is 3.35. The van der Waals surface area contributed by atoms with Crippen molar-refractivity contribution in [1.82, 2.24) is 3.97 Å². The summed E-state index contributed by atoms with van der Waals surface area (Å²) in [5.41, 5.74) is 0.175. The molecule has 202 valence electrons. The normalized spacial score (nSPS) is 11.4. The summed E-state index contributed by atoms with van der Waals surface area (Å²) in [5, 5.41) is 3.57. The van der Waals surface area contributed by atoms with Crippen molar-refractivity contribution in [1.29, 1.82) is 0 Å². The van der Waals surface area contributed by atoms with Gasteiger partial charge in [-0.2, -0.15) is 0 Å². The van der Waals surface area contributed by atoms with Crippen molar-refractivity contribution in [3.63, 3.8) is 0 Å². The lowest BCUT2D eigenvalue weighted by atomic mass is 9.94. The number of fused-ring (bicyclic) bond motifs is 3. The fourth-order valence-corrected chi connectivity index (χ4v) is 6.43. The van der Waals surface area contributed by atoms with Gasteiger partial charge in [0.05, 0.1) is 41.4 Å². The lowest BCUT2D eigenvalue weighted by molar-refractivity contribution is 0.0555. The van der Waals surface area contributed by atoms with Crippen molar-refractivity contribution in [3.8, 4) is 0 Å². The van der Waals surface area contributed by atoms with E-state index in [1.165, 1.54) is 19.2 Å². The molecule has 0 fully saturated rings. The highest BCUT2D eigenvalue weighted by atomic mass is 32.2. The maximum absolute atomic E-state index is 14.2. The van der Waals surface area contributed by atoms with Crippen LogP contribution in [-0.4, -0.2) is 44.5 Å². The molecule has 1 N–H and O–H groups in total. The van der Waals surface area contributed by atoms with Crippen LogP contribution in [0.15, 0.2) is 89.8 Å². The van der Waals surface area contributed by atoms with Crippen LogP contribution in [0.4, 0.5) is 5.69 Å². The first-order valence-corrected chi connectivity index (χ1v) is 13.6. The Morgan fingerprint density at radius 1 is 0.750 bits per heavy atom. The van der Waals surface area contributed by atoms with E-state index in [4.69, 9.17) is 9.47 Å². The predicted molar refractivity (Wildman–Crippen MR) is 150 cm³/mol.